The van der Waals surface area contributed by atoms with Crippen molar-refractivity contribution in [2.75, 3.05) is 0 Å². The van der Waals surface area contributed by atoms with Gasteiger partial charge in [0.15, 0.2) is 0 Å². The Bertz CT molecular complexity index is 921. The second-order valence-corrected chi connectivity index (χ2v) is 9.08. The highest BCUT2D eigenvalue weighted by Crippen LogP contribution is 2.41. The van der Waals surface area contributed by atoms with Crippen molar-refractivity contribution in [3.63, 3.8) is 0 Å². The minimum atomic E-state index is -2.48. The predicted octanol–water partition coefficient (Wildman–Crippen LogP) is 5.46. The topological polar surface area (TPSA) is 54.3 Å². The molecular weight excluding hydrogens is 374 g/mol. The summed E-state index contributed by atoms with van der Waals surface area (Å²) in [5.74, 6) is -2.90. The number of nitrogens with zero attached hydrogens (tertiary/aromatic N) is 1. The number of aryl methyl sites for hydroxylation is 1. The number of hydrogen-bond acceptors (Lipinski definition) is 2. The van der Waals surface area contributed by atoms with Crippen LogP contribution in [0.3, 0.4) is 0 Å². The summed E-state index contributed by atoms with van der Waals surface area (Å²) in [4.78, 5) is 12.0. The average Bonchev–Trinajstić information content (AvgIpc) is 2.93. The zero-order chi connectivity index (χ0) is 20.9. The van der Waals surface area contributed by atoms with Crippen LogP contribution in [0.15, 0.2) is 18.2 Å². The first-order valence-electron chi connectivity index (χ1n) is 10.6. The highest BCUT2D eigenvalue weighted by molar-refractivity contribution is 6.06. The largest absolute Gasteiger partial charge is 0.478 e. The lowest BCUT2D eigenvalue weighted by atomic mass is 9.80. The molecule has 6 heteroatoms. The molecule has 158 valence electrons. The van der Waals surface area contributed by atoms with Crippen molar-refractivity contribution in [2.45, 2.75) is 83.3 Å². The highest BCUT2D eigenvalue weighted by Gasteiger charge is 2.46. The molecule has 29 heavy (non-hydrogen) atoms. The molecule has 0 spiro atoms. The Labute approximate surface area is 170 Å². The molecule has 0 radical (unpaired) electrons. The van der Waals surface area contributed by atoms with Gasteiger partial charge in [0.05, 0.1) is 5.56 Å². The fraction of sp³-hybridized carbons (Fsp3) is 0.609. The van der Waals surface area contributed by atoms with Gasteiger partial charge in [0.1, 0.15) is 0 Å². The monoisotopic (exact) mass is 404 g/mol. The number of hydrogen-bond donors (Lipinski definition) is 2. The van der Waals surface area contributed by atoms with Crippen LogP contribution < -0.4 is 5.32 Å². The molecule has 0 aliphatic heterocycles. The van der Waals surface area contributed by atoms with E-state index in [1.54, 1.807) is 0 Å². The Morgan fingerprint density at radius 2 is 1.83 bits per heavy atom. The zero-order valence-electron chi connectivity index (χ0n) is 17.3. The molecule has 0 bridgehead atoms. The molecule has 0 saturated heterocycles. The van der Waals surface area contributed by atoms with Crippen molar-refractivity contribution in [3.8, 4) is 0 Å². The lowest BCUT2D eigenvalue weighted by molar-refractivity contribution is -0.0957. The number of rotatable bonds is 5. The van der Waals surface area contributed by atoms with Crippen LogP contribution in [0.5, 0.6) is 0 Å². The fourth-order valence-corrected chi connectivity index (χ4v) is 5.54. The molecule has 1 heterocycles. The van der Waals surface area contributed by atoms with Crippen LogP contribution in [0.2, 0.25) is 0 Å². The molecule has 2 fully saturated rings. The van der Waals surface area contributed by atoms with Crippen molar-refractivity contribution in [1.29, 1.82) is 0 Å². The van der Waals surface area contributed by atoms with Crippen LogP contribution in [-0.2, 0) is 0 Å². The maximum Gasteiger partial charge on any atom is 0.338 e. The van der Waals surface area contributed by atoms with Crippen LogP contribution in [0.1, 0.15) is 73.1 Å². The molecule has 4 nitrogen and oxygen atoms in total. The fourth-order valence-electron chi connectivity index (χ4n) is 5.54. The zero-order valence-corrected chi connectivity index (χ0v) is 17.3. The molecule has 2 aromatic rings. The van der Waals surface area contributed by atoms with E-state index in [4.69, 9.17) is 0 Å². The molecule has 1 aromatic heterocycles. The van der Waals surface area contributed by atoms with Crippen molar-refractivity contribution in [1.82, 2.24) is 9.88 Å². The van der Waals surface area contributed by atoms with Gasteiger partial charge in [0.25, 0.3) is 5.92 Å². The Morgan fingerprint density at radius 3 is 2.41 bits per heavy atom. The van der Waals surface area contributed by atoms with Gasteiger partial charge < -0.3 is 15.0 Å². The first-order chi connectivity index (χ1) is 13.7. The first-order valence-corrected chi connectivity index (χ1v) is 10.6. The van der Waals surface area contributed by atoms with E-state index in [-0.39, 0.29) is 24.9 Å². The quantitative estimate of drug-likeness (QED) is 0.695. The Morgan fingerprint density at radius 1 is 1.17 bits per heavy atom. The van der Waals surface area contributed by atoms with Crippen LogP contribution in [-0.4, -0.2) is 33.6 Å². The number of benzene rings is 1. The summed E-state index contributed by atoms with van der Waals surface area (Å²) in [6, 6.07) is 6.44. The van der Waals surface area contributed by atoms with Crippen LogP contribution in [0.4, 0.5) is 8.78 Å². The van der Waals surface area contributed by atoms with Crippen molar-refractivity contribution >= 4 is 16.9 Å². The van der Waals surface area contributed by atoms with E-state index in [2.05, 4.69) is 16.8 Å². The molecular formula is C23H30F2N2O2. The number of carbonyl (C=O) groups is 1. The summed E-state index contributed by atoms with van der Waals surface area (Å²) >= 11 is 0. The summed E-state index contributed by atoms with van der Waals surface area (Å²) in [5.41, 5.74) is 3.20. The number of halogens is 2. The number of aromatic carboxylic acids is 1. The third-order valence-corrected chi connectivity index (χ3v) is 7.12. The second kappa shape index (κ2) is 7.38. The maximum absolute atomic E-state index is 13.1. The summed E-state index contributed by atoms with van der Waals surface area (Å²) in [7, 11) is 0. The maximum atomic E-state index is 13.1. The van der Waals surface area contributed by atoms with Gasteiger partial charge in [-0.2, -0.15) is 0 Å². The first kappa shape index (κ1) is 20.3. The van der Waals surface area contributed by atoms with E-state index >= 15 is 0 Å². The van der Waals surface area contributed by atoms with E-state index in [0.29, 0.717) is 17.5 Å². The van der Waals surface area contributed by atoms with Crippen LogP contribution >= 0.6 is 0 Å². The number of nitrogens with one attached hydrogen (secondary N) is 1. The number of alkyl halides is 2. The van der Waals surface area contributed by atoms with Gasteiger partial charge >= 0.3 is 5.97 Å². The number of aromatic nitrogens is 1. The van der Waals surface area contributed by atoms with E-state index in [1.165, 1.54) is 0 Å². The van der Waals surface area contributed by atoms with E-state index < -0.39 is 11.9 Å². The van der Waals surface area contributed by atoms with Crippen molar-refractivity contribution in [3.05, 3.63) is 35.0 Å². The van der Waals surface area contributed by atoms with Crippen molar-refractivity contribution in [2.24, 2.45) is 5.92 Å². The van der Waals surface area contributed by atoms with Gasteiger partial charge in [0, 0.05) is 47.6 Å². The summed E-state index contributed by atoms with van der Waals surface area (Å²) in [6.45, 7) is 6.05. The smallest absolute Gasteiger partial charge is 0.338 e. The van der Waals surface area contributed by atoms with Gasteiger partial charge in [-0.1, -0.05) is 12.1 Å². The molecule has 1 unspecified atom stereocenters. The average molecular weight is 405 g/mol. The predicted molar refractivity (Wildman–Crippen MR) is 110 cm³/mol. The Hall–Kier alpha value is -1.95. The van der Waals surface area contributed by atoms with Crippen LogP contribution in [0, 0.1) is 19.8 Å². The number of fused-ring (bicyclic) bond motifs is 1. The molecule has 1 atom stereocenters. The molecule has 2 N–H and O–H groups in total. The number of carboxylic acids is 1. The molecule has 1 aromatic carbocycles. The third kappa shape index (κ3) is 3.67. The molecule has 2 saturated carbocycles. The van der Waals surface area contributed by atoms with Gasteiger partial charge in [-0.25, -0.2) is 13.6 Å². The molecule has 0 amide bonds. The van der Waals surface area contributed by atoms with Crippen molar-refractivity contribution < 1.29 is 18.7 Å². The molecule has 2 aliphatic rings. The van der Waals surface area contributed by atoms with Gasteiger partial charge in [0.2, 0.25) is 0 Å². The van der Waals surface area contributed by atoms with E-state index in [1.807, 2.05) is 32.0 Å². The lowest BCUT2D eigenvalue weighted by Crippen LogP contribution is -2.52. The molecule has 2 aliphatic carbocycles. The Kier molecular flexibility index (Phi) is 5.18. The van der Waals surface area contributed by atoms with Crippen LogP contribution in [0.25, 0.3) is 10.9 Å². The van der Waals surface area contributed by atoms with E-state index in [0.717, 1.165) is 47.8 Å². The summed E-state index contributed by atoms with van der Waals surface area (Å²) < 4.78 is 28.3. The second-order valence-electron chi connectivity index (χ2n) is 9.08. The minimum Gasteiger partial charge on any atom is -0.478 e. The highest BCUT2D eigenvalue weighted by atomic mass is 19.3. The molecule has 4 rings (SSSR count). The normalized spacial score (nSPS) is 25.7. The standard InChI is InChI=1S/C23H30F2N2O2/c1-13-5-4-6-19-20(13)21(22(28)29)15(3)27(19)14(2)16-7-9-17(10-8-16)26-18-11-23(24,25)12-18/h4-6,14,16-18,26H,7-12H2,1-3H3,(H,28,29). The minimum absolute atomic E-state index is 0.0325. The summed E-state index contributed by atoms with van der Waals surface area (Å²) in [6.07, 6.45) is 3.95. The lowest BCUT2D eigenvalue weighted by Gasteiger charge is -2.41. The van der Waals surface area contributed by atoms with Gasteiger partial charge in [-0.3, -0.25) is 0 Å². The third-order valence-electron chi connectivity index (χ3n) is 7.12. The van der Waals surface area contributed by atoms with E-state index in [9.17, 15) is 18.7 Å². The SMILES string of the molecule is Cc1cccc2c1c(C(=O)O)c(C)n2C(C)C1CCC(NC2CC(F)(F)C2)CC1. The van der Waals surface area contributed by atoms with Gasteiger partial charge in [-0.15, -0.1) is 0 Å². The summed E-state index contributed by atoms with van der Waals surface area (Å²) in [5, 5.41) is 14.1. The Balaban J connectivity index is 1.50. The van der Waals surface area contributed by atoms with Gasteiger partial charge in [-0.05, 0) is 64.0 Å². The number of carboxylic acid groups (broad SMARTS) is 1.